The second-order valence-electron chi connectivity index (χ2n) is 5.84. The van der Waals surface area contributed by atoms with Crippen molar-refractivity contribution in [3.63, 3.8) is 0 Å². The molecule has 0 aliphatic carbocycles. The Hall–Kier alpha value is -0.120. The van der Waals surface area contributed by atoms with Crippen LogP contribution in [0, 0.1) is 0 Å². The Labute approximate surface area is 120 Å². The van der Waals surface area contributed by atoms with Crippen molar-refractivity contribution >= 4 is 0 Å². The highest BCUT2D eigenvalue weighted by molar-refractivity contribution is 4.70. The number of rotatable bonds is 13. The molecule has 0 saturated heterocycles. The van der Waals surface area contributed by atoms with E-state index in [1.807, 2.05) is 6.92 Å². The van der Waals surface area contributed by atoms with E-state index in [0.717, 1.165) is 6.42 Å². The molecule has 3 heteroatoms. The molecule has 4 N–H and O–H groups in total. The van der Waals surface area contributed by atoms with Crippen LogP contribution in [0.25, 0.3) is 0 Å². The van der Waals surface area contributed by atoms with Gasteiger partial charge in [0, 0.05) is 12.6 Å². The van der Waals surface area contributed by atoms with Gasteiger partial charge in [-0.1, -0.05) is 58.3 Å². The molecule has 0 fully saturated rings. The molecule has 0 aromatic rings. The van der Waals surface area contributed by atoms with E-state index in [0.29, 0.717) is 6.54 Å². The minimum atomic E-state index is 0.00374. The third-order valence-electron chi connectivity index (χ3n) is 3.69. The molecule has 0 bridgehead atoms. The standard InChI is InChI=1S/C16H36N2O/c1-4-5-6-7-8-9-10-11-12-14(2)19-16(13-17)15(3)18/h14-16H,4-13,17-18H2,1-3H3. The second kappa shape index (κ2) is 12.9. The second-order valence-corrected chi connectivity index (χ2v) is 5.84. The topological polar surface area (TPSA) is 61.3 Å². The summed E-state index contributed by atoms with van der Waals surface area (Å²) in [6.45, 7) is 6.87. The number of hydrogen-bond donors (Lipinski definition) is 2. The van der Waals surface area contributed by atoms with Crippen LogP contribution in [0.15, 0.2) is 0 Å². The highest BCUT2D eigenvalue weighted by atomic mass is 16.5. The molecule has 3 nitrogen and oxygen atoms in total. The summed E-state index contributed by atoms with van der Waals surface area (Å²) in [5.74, 6) is 0. The van der Waals surface area contributed by atoms with Crippen LogP contribution in [0.5, 0.6) is 0 Å². The van der Waals surface area contributed by atoms with Crippen molar-refractivity contribution < 1.29 is 4.74 Å². The molecule has 0 aromatic heterocycles. The van der Waals surface area contributed by atoms with Gasteiger partial charge in [0.2, 0.25) is 0 Å². The third-order valence-corrected chi connectivity index (χ3v) is 3.69. The van der Waals surface area contributed by atoms with Gasteiger partial charge >= 0.3 is 0 Å². The van der Waals surface area contributed by atoms with Gasteiger partial charge in [0.25, 0.3) is 0 Å². The van der Waals surface area contributed by atoms with Crippen molar-refractivity contribution in [1.29, 1.82) is 0 Å². The summed E-state index contributed by atoms with van der Waals surface area (Å²) in [6.07, 6.45) is 12.3. The lowest BCUT2D eigenvalue weighted by Crippen LogP contribution is -2.41. The van der Waals surface area contributed by atoms with Crippen LogP contribution in [-0.2, 0) is 4.74 Å². The van der Waals surface area contributed by atoms with Crippen molar-refractivity contribution in [2.45, 2.75) is 96.8 Å². The van der Waals surface area contributed by atoms with E-state index in [9.17, 15) is 0 Å². The average Bonchev–Trinajstić information content (AvgIpc) is 2.38. The maximum atomic E-state index is 5.87. The minimum absolute atomic E-state index is 0.00374. The smallest absolute Gasteiger partial charge is 0.0848 e. The number of hydrogen-bond acceptors (Lipinski definition) is 3. The van der Waals surface area contributed by atoms with Crippen LogP contribution in [0.1, 0.15) is 78.6 Å². The van der Waals surface area contributed by atoms with E-state index in [1.165, 1.54) is 51.4 Å². The molecule has 0 spiro atoms. The molecule has 0 radical (unpaired) electrons. The predicted molar refractivity (Wildman–Crippen MR) is 84.3 cm³/mol. The quantitative estimate of drug-likeness (QED) is 0.504. The van der Waals surface area contributed by atoms with Crippen LogP contribution in [0.3, 0.4) is 0 Å². The van der Waals surface area contributed by atoms with Crippen molar-refractivity contribution in [2.75, 3.05) is 6.54 Å². The van der Waals surface area contributed by atoms with Gasteiger partial charge in [-0.3, -0.25) is 0 Å². The maximum absolute atomic E-state index is 5.87. The molecule has 0 aromatic carbocycles. The fourth-order valence-corrected chi connectivity index (χ4v) is 2.33. The first kappa shape index (κ1) is 18.9. The summed E-state index contributed by atoms with van der Waals surface area (Å²) in [4.78, 5) is 0. The Bertz CT molecular complexity index is 186. The Kier molecular flexibility index (Phi) is 12.8. The lowest BCUT2D eigenvalue weighted by Gasteiger charge is -2.24. The van der Waals surface area contributed by atoms with Gasteiger partial charge in [0.05, 0.1) is 12.2 Å². The van der Waals surface area contributed by atoms with E-state index in [2.05, 4.69) is 13.8 Å². The molecule has 0 amide bonds. The van der Waals surface area contributed by atoms with Crippen molar-refractivity contribution in [3.8, 4) is 0 Å². The Morgan fingerprint density at radius 1 is 0.895 bits per heavy atom. The Morgan fingerprint density at radius 3 is 1.89 bits per heavy atom. The molecule has 0 rings (SSSR count). The monoisotopic (exact) mass is 272 g/mol. The largest absolute Gasteiger partial charge is 0.372 e. The normalized spacial score (nSPS) is 16.3. The molecule has 116 valence electrons. The van der Waals surface area contributed by atoms with Crippen LogP contribution in [0.2, 0.25) is 0 Å². The molecular formula is C16H36N2O. The van der Waals surface area contributed by atoms with Gasteiger partial charge in [-0.25, -0.2) is 0 Å². The van der Waals surface area contributed by atoms with E-state index >= 15 is 0 Å². The van der Waals surface area contributed by atoms with E-state index in [-0.39, 0.29) is 18.2 Å². The van der Waals surface area contributed by atoms with Gasteiger partial charge in [0.1, 0.15) is 0 Å². The van der Waals surface area contributed by atoms with Crippen LogP contribution >= 0.6 is 0 Å². The van der Waals surface area contributed by atoms with Gasteiger partial charge in [-0.15, -0.1) is 0 Å². The highest BCUT2D eigenvalue weighted by Gasteiger charge is 2.15. The van der Waals surface area contributed by atoms with E-state index in [4.69, 9.17) is 16.2 Å². The summed E-state index contributed by atoms with van der Waals surface area (Å²) in [6, 6.07) is 0.0195. The molecule has 0 aliphatic heterocycles. The van der Waals surface area contributed by atoms with Gasteiger partial charge in [-0.05, 0) is 20.3 Å². The van der Waals surface area contributed by atoms with Crippen LogP contribution in [-0.4, -0.2) is 24.8 Å². The molecule has 0 saturated carbocycles. The lowest BCUT2D eigenvalue weighted by atomic mass is 10.1. The van der Waals surface area contributed by atoms with Crippen molar-refractivity contribution in [1.82, 2.24) is 0 Å². The molecular weight excluding hydrogens is 236 g/mol. The molecule has 19 heavy (non-hydrogen) atoms. The third kappa shape index (κ3) is 11.4. The van der Waals surface area contributed by atoms with Gasteiger partial charge < -0.3 is 16.2 Å². The number of ether oxygens (including phenoxy) is 1. The summed E-state index contributed by atoms with van der Waals surface area (Å²) < 4.78 is 5.87. The summed E-state index contributed by atoms with van der Waals surface area (Å²) >= 11 is 0. The molecule has 3 atom stereocenters. The maximum Gasteiger partial charge on any atom is 0.0848 e. The number of nitrogens with two attached hydrogens (primary N) is 2. The van der Waals surface area contributed by atoms with E-state index < -0.39 is 0 Å². The first-order valence-corrected chi connectivity index (χ1v) is 8.22. The summed E-state index contributed by atoms with van der Waals surface area (Å²) in [5.41, 5.74) is 11.5. The van der Waals surface area contributed by atoms with Gasteiger partial charge in [-0.2, -0.15) is 0 Å². The van der Waals surface area contributed by atoms with Gasteiger partial charge in [0.15, 0.2) is 0 Å². The first-order chi connectivity index (χ1) is 9.11. The lowest BCUT2D eigenvalue weighted by molar-refractivity contribution is -0.0124. The molecule has 0 heterocycles. The zero-order chi connectivity index (χ0) is 14.5. The summed E-state index contributed by atoms with van der Waals surface area (Å²) in [7, 11) is 0. The fourth-order valence-electron chi connectivity index (χ4n) is 2.33. The highest BCUT2D eigenvalue weighted by Crippen LogP contribution is 2.13. The van der Waals surface area contributed by atoms with Crippen LogP contribution < -0.4 is 11.5 Å². The molecule has 3 unspecified atom stereocenters. The van der Waals surface area contributed by atoms with E-state index in [1.54, 1.807) is 0 Å². The zero-order valence-corrected chi connectivity index (χ0v) is 13.4. The zero-order valence-electron chi connectivity index (χ0n) is 13.4. The van der Waals surface area contributed by atoms with Crippen LogP contribution in [0.4, 0.5) is 0 Å². The Balaban J connectivity index is 3.40. The van der Waals surface area contributed by atoms with Crippen molar-refractivity contribution in [2.24, 2.45) is 11.5 Å². The Morgan fingerprint density at radius 2 is 1.42 bits per heavy atom. The van der Waals surface area contributed by atoms with Crippen molar-refractivity contribution in [3.05, 3.63) is 0 Å². The molecule has 0 aliphatic rings. The SMILES string of the molecule is CCCCCCCCCCC(C)OC(CN)C(C)N. The first-order valence-electron chi connectivity index (χ1n) is 8.22. The minimum Gasteiger partial charge on any atom is -0.372 e. The fraction of sp³-hybridized carbons (Fsp3) is 1.00. The average molecular weight is 272 g/mol. The predicted octanol–water partition coefficient (Wildman–Crippen LogP) is 3.60. The summed E-state index contributed by atoms with van der Waals surface area (Å²) in [5, 5.41) is 0. The number of unbranched alkanes of at least 4 members (excludes halogenated alkanes) is 7.